The lowest BCUT2D eigenvalue weighted by atomic mass is 10.1. The summed E-state index contributed by atoms with van der Waals surface area (Å²) in [6, 6.07) is 13.9. The Morgan fingerprint density at radius 3 is 2.69 bits per heavy atom. The molecule has 0 spiro atoms. The Morgan fingerprint density at radius 2 is 2.00 bits per heavy atom. The summed E-state index contributed by atoms with van der Waals surface area (Å²) in [7, 11) is 0. The predicted molar refractivity (Wildman–Crippen MR) is 111 cm³/mol. The summed E-state index contributed by atoms with van der Waals surface area (Å²) in [5.74, 6) is 0.145. The van der Waals surface area contributed by atoms with Gasteiger partial charge in [0, 0.05) is 5.56 Å². The molecule has 0 saturated heterocycles. The normalized spacial score (nSPS) is 11.8. The largest absolute Gasteiger partial charge is 0.508 e. The summed E-state index contributed by atoms with van der Waals surface area (Å²) in [6.45, 7) is 3.73. The predicted octanol–water partition coefficient (Wildman–Crippen LogP) is 3.15. The summed E-state index contributed by atoms with van der Waals surface area (Å²) in [6.07, 6.45) is 0.573. The van der Waals surface area contributed by atoms with E-state index in [0.717, 1.165) is 12.0 Å². The van der Waals surface area contributed by atoms with Gasteiger partial charge in [-0.3, -0.25) is 4.79 Å². The molecule has 1 heterocycles. The number of nitrogens with two attached hydrogens (primary N) is 1. The van der Waals surface area contributed by atoms with Crippen LogP contribution in [-0.4, -0.2) is 27.1 Å². The first kappa shape index (κ1) is 20.1. The molecule has 1 amide bonds. The molecule has 0 fully saturated rings. The van der Waals surface area contributed by atoms with Crippen molar-refractivity contribution in [1.82, 2.24) is 9.97 Å². The van der Waals surface area contributed by atoms with Crippen molar-refractivity contribution in [3.8, 4) is 34.0 Å². The van der Waals surface area contributed by atoms with E-state index in [-0.39, 0.29) is 5.75 Å². The number of carbonyl (C=O) groups excluding carboxylic acids is 1. The van der Waals surface area contributed by atoms with Gasteiger partial charge in [0.05, 0.1) is 11.4 Å². The van der Waals surface area contributed by atoms with E-state index in [4.69, 9.17) is 10.5 Å². The van der Waals surface area contributed by atoms with Crippen molar-refractivity contribution >= 4 is 5.91 Å². The number of benzene rings is 2. The van der Waals surface area contributed by atoms with Crippen LogP contribution in [0.15, 0.2) is 53.3 Å². The molecule has 0 aliphatic carbocycles. The van der Waals surface area contributed by atoms with Crippen LogP contribution in [-0.2, 0) is 4.79 Å². The first-order valence-electron chi connectivity index (χ1n) is 9.35. The number of ether oxygens (including phenoxy) is 1. The fraction of sp³-hybridized carbons (Fsp3) is 0.227. The summed E-state index contributed by atoms with van der Waals surface area (Å²) in [5, 5.41) is 9.73. The highest BCUT2D eigenvalue weighted by molar-refractivity contribution is 5.79. The van der Waals surface area contributed by atoms with Gasteiger partial charge in [-0.1, -0.05) is 25.5 Å². The third kappa shape index (κ3) is 4.82. The minimum Gasteiger partial charge on any atom is -0.508 e. The Hall–Kier alpha value is -3.61. The molecule has 1 atom stereocenters. The van der Waals surface area contributed by atoms with Crippen LogP contribution in [0.5, 0.6) is 11.5 Å². The third-order valence-electron chi connectivity index (χ3n) is 4.53. The maximum atomic E-state index is 12.1. The second kappa shape index (κ2) is 8.60. The number of aryl methyl sites for hydroxylation is 1. The fourth-order valence-corrected chi connectivity index (χ4v) is 3.00. The van der Waals surface area contributed by atoms with E-state index in [9.17, 15) is 14.7 Å². The number of primary amides is 1. The lowest BCUT2D eigenvalue weighted by Crippen LogP contribution is -2.33. The molecular formula is C22H23N3O4. The molecule has 0 saturated carbocycles. The van der Waals surface area contributed by atoms with Crippen LogP contribution in [0.4, 0.5) is 0 Å². The summed E-state index contributed by atoms with van der Waals surface area (Å²) >= 11 is 0. The molecule has 29 heavy (non-hydrogen) atoms. The fourth-order valence-electron chi connectivity index (χ4n) is 3.00. The highest BCUT2D eigenvalue weighted by atomic mass is 16.5. The maximum absolute atomic E-state index is 12.1. The van der Waals surface area contributed by atoms with Crippen molar-refractivity contribution in [2.24, 2.45) is 5.73 Å². The first-order valence-corrected chi connectivity index (χ1v) is 9.35. The second-order valence-corrected chi connectivity index (χ2v) is 6.81. The number of nitrogens with zero attached hydrogens (tertiary/aromatic N) is 1. The van der Waals surface area contributed by atoms with E-state index >= 15 is 0 Å². The van der Waals surface area contributed by atoms with E-state index in [1.165, 1.54) is 0 Å². The van der Waals surface area contributed by atoms with Gasteiger partial charge in [0.25, 0.3) is 5.91 Å². The monoisotopic (exact) mass is 393 g/mol. The van der Waals surface area contributed by atoms with Crippen molar-refractivity contribution in [3.63, 3.8) is 0 Å². The molecule has 7 nitrogen and oxygen atoms in total. The zero-order chi connectivity index (χ0) is 21.0. The van der Waals surface area contributed by atoms with Gasteiger partial charge in [-0.05, 0) is 60.9 Å². The highest BCUT2D eigenvalue weighted by Gasteiger charge is 2.16. The number of amides is 1. The Morgan fingerprint density at radius 1 is 1.21 bits per heavy atom. The SMILES string of the molecule is CCCC(Oc1cccc(-c2cc(-c3ccc(O)c(C)c3)[nH]c(=O)n2)c1)C(N)=O. The van der Waals surface area contributed by atoms with Gasteiger partial charge in [-0.2, -0.15) is 4.98 Å². The number of aromatic nitrogens is 2. The smallest absolute Gasteiger partial charge is 0.345 e. The molecule has 3 rings (SSSR count). The number of rotatable bonds is 7. The molecule has 0 aliphatic rings. The van der Waals surface area contributed by atoms with Crippen LogP contribution in [0.1, 0.15) is 25.3 Å². The molecule has 4 N–H and O–H groups in total. The average molecular weight is 393 g/mol. The molecule has 1 aromatic heterocycles. The Labute approximate surface area is 168 Å². The zero-order valence-corrected chi connectivity index (χ0v) is 16.3. The van der Waals surface area contributed by atoms with Gasteiger partial charge in [0.15, 0.2) is 6.10 Å². The van der Waals surface area contributed by atoms with Crippen molar-refractivity contribution in [3.05, 3.63) is 64.6 Å². The Kier molecular flexibility index (Phi) is 5.97. The molecular weight excluding hydrogens is 370 g/mol. The number of nitrogens with one attached hydrogen (secondary N) is 1. The molecule has 2 aromatic carbocycles. The van der Waals surface area contributed by atoms with Crippen molar-refractivity contribution < 1.29 is 14.6 Å². The molecule has 7 heteroatoms. The van der Waals surface area contributed by atoms with Crippen molar-refractivity contribution in [1.29, 1.82) is 0 Å². The quantitative estimate of drug-likeness (QED) is 0.570. The van der Waals surface area contributed by atoms with Crippen molar-refractivity contribution in [2.45, 2.75) is 32.8 Å². The number of aromatic amines is 1. The lowest BCUT2D eigenvalue weighted by molar-refractivity contribution is -0.125. The molecule has 150 valence electrons. The van der Waals surface area contributed by atoms with Crippen LogP contribution in [0.3, 0.4) is 0 Å². The molecule has 3 aromatic rings. The third-order valence-corrected chi connectivity index (χ3v) is 4.53. The standard InChI is InChI=1S/C22H23N3O4/c1-3-5-20(21(23)27)29-16-7-4-6-14(11-16)17-12-18(25-22(28)24-17)15-8-9-19(26)13(2)10-15/h4,6-12,20,26H,3,5H2,1-2H3,(H2,23,27)(H,24,25,28). The zero-order valence-electron chi connectivity index (χ0n) is 16.3. The number of carbonyl (C=O) groups is 1. The second-order valence-electron chi connectivity index (χ2n) is 6.81. The summed E-state index contributed by atoms with van der Waals surface area (Å²) in [5.41, 5.74) is 8.09. The van der Waals surface area contributed by atoms with Gasteiger partial charge < -0.3 is 20.6 Å². The molecule has 0 radical (unpaired) electrons. The van der Waals surface area contributed by atoms with E-state index in [2.05, 4.69) is 9.97 Å². The number of aromatic hydroxyl groups is 1. The van der Waals surface area contributed by atoms with E-state index in [1.807, 2.05) is 6.92 Å². The highest BCUT2D eigenvalue weighted by Crippen LogP contribution is 2.27. The van der Waals surface area contributed by atoms with Crippen LogP contribution in [0, 0.1) is 6.92 Å². The number of hydrogen-bond acceptors (Lipinski definition) is 5. The van der Waals surface area contributed by atoms with Gasteiger partial charge in [0.2, 0.25) is 0 Å². The van der Waals surface area contributed by atoms with Crippen LogP contribution < -0.4 is 16.2 Å². The molecule has 1 unspecified atom stereocenters. The topological polar surface area (TPSA) is 118 Å². The average Bonchev–Trinajstić information content (AvgIpc) is 2.69. The Bertz CT molecular complexity index is 1090. The van der Waals surface area contributed by atoms with Crippen molar-refractivity contribution in [2.75, 3.05) is 0 Å². The summed E-state index contributed by atoms with van der Waals surface area (Å²) < 4.78 is 5.74. The van der Waals surface area contributed by atoms with E-state index in [1.54, 1.807) is 55.5 Å². The summed E-state index contributed by atoms with van der Waals surface area (Å²) in [4.78, 5) is 30.5. The van der Waals surface area contributed by atoms with Gasteiger partial charge in [-0.25, -0.2) is 4.79 Å². The lowest BCUT2D eigenvalue weighted by Gasteiger charge is -2.16. The maximum Gasteiger partial charge on any atom is 0.345 e. The minimum atomic E-state index is -0.710. The van der Waals surface area contributed by atoms with E-state index < -0.39 is 17.7 Å². The van der Waals surface area contributed by atoms with Crippen LogP contribution in [0.25, 0.3) is 22.5 Å². The van der Waals surface area contributed by atoms with Gasteiger partial charge in [0.1, 0.15) is 11.5 Å². The number of hydrogen-bond donors (Lipinski definition) is 3. The first-order chi connectivity index (χ1) is 13.9. The number of phenols is 1. The Balaban J connectivity index is 1.97. The van der Waals surface area contributed by atoms with Gasteiger partial charge in [-0.15, -0.1) is 0 Å². The van der Waals surface area contributed by atoms with E-state index in [0.29, 0.717) is 34.7 Å². The minimum absolute atomic E-state index is 0.186. The van der Waals surface area contributed by atoms with Gasteiger partial charge >= 0.3 is 5.69 Å². The number of H-pyrrole nitrogens is 1. The van der Waals surface area contributed by atoms with Crippen LogP contribution >= 0.6 is 0 Å². The molecule has 0 bridgehead atoms. The van der Waals surface area contributed by atoms with Crippen LogP contribution in [0.2, 0.25) is 0 Å². The molecule has 0 aliphatic heterocycles. The number of phenolic OH excluding ortho intramolecular Hbond substituents is 1.